The Morgan fingerprint density at radius 1 is 0.842 bits per heavy atom. The number of amides is 2. The lowest BCUT2D eigenvalue weighted by Crippen LogP contribution is -2.49. The molecule has 2 aliphatic rings. The number of rotatable bonds is 6. The van der Waals surface area contributed by atoms with E-state index in [9.17, 15) is 9.59 Å². The summed E-state index contributed by atoms with van der Waals surface area (Å²) in [5, 5.41) is 3.49. The molecule has 2 atom stereocenters. The van der Waals surface area contributed by atoms with Crippen LogP contribution in [0.5, 0.6) is 0 Å². The topological polar surface area (TPSA) is 97.1 Å². The third kappa shape index (κ3) is 11.3. The summed E-state index contributed by atoms with van der Waals surface area (Å²) in [7, 11) is 0. The van der Waals surface area contributed by atoms with Crippen molar-refractivity contribution in [2.24, 2.45) is 5.73 Å². The second-order valence-corrected chi connectivity index (χ2v) is 10.0. The summed E-state index contributed by atoms with van der Waals surface area (Å²) in [6.45, 7) is 7.83. The second-order valence-electron chi connectivity index (χ2n) is 10.0. The van der Waals surface area contributed by atoms with Crippen LogP contribution in [0.25, 0.3) is 0 Å². The molecule has 2 amide bonds. The number of ether oxygens (including phenoxy) is 2. The van der Waals surface area contributed by atoms with Gasteiger partial charge in [0, 0.05) is 44.3 Å². The Morgan fingerprint density at radius 2 is 1.32 bits per heavy atom. The molecular weight excluding hydrogens is 504 g/mol. The number of halogens is 1. The summed E-state index contributed by atoms with van der Waals surface area (Å²) < 4.78 is 10.6. The van der Waals surface area contributed by atoms with Crippen molar-refractivity contribution in [3.8, 4) is 0 Å². The van der Waals surface area contributed by atoms with Crippen molar-refractivity contribution in [2.75, 3.05) is 26.2 Å². The molecule has 0 aromatic heterocycles. The van der Waals surface area contributed by atoms with Crippen molar-refractivity contribution in [2.45, 2.75) is 70.9 Å². The molecule has 9 heteroatoms. The number of piperidine rings is 2. The minimum atomic E-state index is -0.260. The summed E-state index contributed by atoms with van der Waals surface area (Å²) in [6.07, 6.45) is 3.64. The molecule has 2 aromatic rings. The first-order chi connectivity index (χ1) is 17.9. The number of carbonyl (C=O) groups is 2. The van der Waals surface area contributed by atoms with Gasteiger partial charge in [0.25, 0.3) is 0 Å². The Morgan fingerprint density at radius 3 is 1.79 bits per heavy atom. The van der Waals surface area contributed by atoms with Crippen LogP contribution in [0.15, 0.2) is 60.7 Å². The quantitative estimate of drug-likeness (QED) is 0.532. The van der Waals surface area contributed by atoms with E-state index in [4.69, 9.17) is 15.2 Å². The molecular formula is C29H43ClN4O4. The molecule has 38 heavy (non-hydrogen) atoms. The molecule has 2 saturated heterocycles. The van der Waals surface area contributed by atoms with Crippen LogP contribution in [0.1, 0.15) is 50.7 Å². The molecule has 4 rings (SSSR count). The first kappa shape index (κ1) is 31.4. The average molecular weight is 547 g/mol. The monoisotopic (exact) mass is 546 g/mol. The first-order valence-electron chi connectivity index (χ1n) is 13.3. The van der Waals surface area contributed by atoms with Gasteiger partial charge in [0.1, 0.15) is 13.2 Å². The van der Waals surface area contributed by atoms with Crippen molar-refractivity contribution >= 4 is 24.6 Å². The number of likely N-dealkylation sites (tertiary alicyclic amines) is 2. The number of nitrogens with one attached hydrogen (secondary N) is 1. The van der Waals surface area contributed by atoms with Crippen molar-refractivity contribution in [3.63, 3.8) is 0 Å². The number of benzene rings is 2. The van der Waals surface area contributed by atoms with Gasteiger partial charge < -0.3 is 30.3 Å². The van der Waals surface area contributed by atoms with Gasteiger partial charge in [0.15, 0.2) is 0 Å². The standard InChI is InChI=1S/C16H24N2O2.C13H18N2O2.ClH/c1-13(2)17-15-9-6-10-18(11-15)16(19)20-12-14-7-4-3-5-8-14;14-12-7-4-8-15(9-12)13(16)17-10-11-5-2-1-3-6-11;/h3-5,7-8,13,15,17H,6,9-12H2,1-2H3;1-3,5-6,12H,4,7-10,14H2;1H/t15-;12-;/m00./s1. The fourth-order valence-electron chi connectivity index (χ4n) is 4.55. The zero-order chi connectivity index (χ0) is 26.5. The van der Waals surface area contributed by atoms with Crippen molar-refractivity contribution in [1.82, 2.24) is 15.1 Å². The first-order valence-corrected chi connectivity index (χ1v) is 13.3. The van der Waals surface area contributed by atoms with E-state index >= 15 is 0 Å². The maximum Gasteiger partial charge on any atom is 0.410 e. The number of carbonyl (C=O) groups excluding carboxylic acids is 2. The number of nitrogens with zero attached hydrogens (tertiary/aromatic N) is 2. The van der Waals surface area contributed by atoms with Crippen LogP contribution in [-0.2, 0) is 22.7 Å². The molecule has 0 radical (unpaired) electrons. The van der Waals surface area contributed by atoms with Crippen LogP contribution < -0.4 is 11.1 Å². The van der Waals surface area contributed by atoms with Gasteiger partial charge in [0.2, 0.25) is 0 Å². The summed E-state index contributed by atoms with van der Waals surface area (Å²) in [4.78, 5) is 27.3. The Labute approximate surface area is 233 Å². The second kappa shape index (κ2) is 16.9. The summed E-state index contributed by atoms with van der Waals surface area (Å²) in [5.74, 6) is 0. The maximum atomic E-state index is 12.1. The van der Waals surface area contributed by atoms with Crippen molar-refractivity contribution < 1.29 is 19.1 Å². The molecule has 0 aliphatic carbocycles. The third-order valence-corrected chi connectivity index (χ3v) is 6.37. The van der Waals surface area contributed by atoms with E-state index in [1.807, 2.05) is 65.6 Å². The summed E-state index contributed by atoms with van der Waals surface area (Å²) in [6, 6.07) is 20.4. The van der Waals surface area contributed by atoms with E-state index in [0.717, 1.165) is 56.4 Å². The lowest BCUT2D eigenvalue weighted by atomic mass is 10.1. The van der Waals surface area contributed by atoms with Crippen LogP contribution in [0, 0.1) is 0 Å². The lowest BCUT2D eigenvalue weighted by molar-refractivity contribution is 0.0824. The Balaban J connectivity index is 0.000000263. The highest BCUT2D eigenvalue weighted by Crippen LogP contribution is 2.13. The molecule has 3 N–H and O–H groups in total. The minimum Gasteiger partial charge on any atom is -0.445 e. The van der Waals surface area contributed by atoms with Crippen LogP contribution in [0.2, 0.25) is 0 Å². The average Bonchev–Trinajstić information content (AvgIpc) is 2.91. The largest absolute Gasteiger partial charge is 0.445 e. The number of nitrogens with two attached hydrogens (primary N) is 1. The van der Waals surface area contributed by atoms with Gasteiger partial charge in [-0.15, -0.1) is 12.4 Å². The summed E-state index contributed by atoms with van der Waals surface area (Å²) >= 11 is 0. The highest BCUT2D eigenvalue weighted by atomic mass is 35.5. The van der Waals surface area contributed by atoms with Crippen LogP contribution in [-0.4, -0.2) is 66.3 Å². The zero-order valence-electron chi connectivity index (χ0n) is 22.6. The van der Waals surface area contributed by atoms with E-state index in [-0.39, 0.29) is 30.6 Å². The zero-order valence-corrected chi connectivity index (χ0v) is 23.4. The minimum absolute atomic E-state index is 0. The van der Waals surface area contributed by atoms with Gasteiger partial charge >= 0.3 is 12.2 Å². The lowest BCUT2D eigenvalue weighted by Gasteiger charge is -2.33. The van der Waals surface area contributed by atoms with Crippen molar-refractivity contribution in [1.29, 1.82) is 0 Å². The molecule has 0 bridgehead atoms. The molecule has 2 aromatic carbocycles. The van der Waals surface area contributed by atoms with Gasteiger partial charge in [-0.25, -0.2) is 9.59 Å². The van der Waals surface area contributed by atoms with E-state index in [1.54, 1.807) is 4.90 Å². The highest BCUT2D eigenvalue weighted by Gasteiger charge is 2.25. The van der Waals surface area contributed by atoms with Gasteiger partial charge in [-0.2, -0.15) is 0 Å². The fourth-order valence-corrected chi connectivity index (χ4v) is 4.55. The van der Waals surface area contributed by atoms with Gasteiger partial charge in [-0.05, 0) is 36.8 Å². The molecule has 8 nitrogen and oxygen atoms in total. The Hall–Kier alpha value is -2.81. The molecule has 2 fully saturated rings. The molecule has 2 heterocycles. The predicted molar refractivity (Wildman–Crippen MR) is 152 cm³/mol. The molecule has 2 aliphatic heterocycles. The Bertz CT molecular complexity index is 948. The predicted octanol–water partition coefficient (Wildman–Crippen LogP) is 4.95. The maximum absolute atomic E-state index is 12.1. The molecule has 210 valence electrons. The number of hydrogen-bond donors (Lipinski definition) is 2. The molecule has 0 unspecified atom stereocenters. The van der Waals surface area contributed by atoms with E-state index in [0.29, 0.717) is 31.8 Å². The molecule has 0 spiro atoms. The molecule has 0 saturated carbocycles. The van der Waals surface area contributed by atoms with Crippen molar-refractivity contribution in [3.05, 3.63) is 71.8 Å². The SMILES string of the molecule is CC(C)N[C@H]1CCCN(C(=O)OCc2ccccc2)C1.Cl.N[C@H]1CCCN(C(=O)OCc2ccccc2)C1. The van der Waals surface area contributed by atoms with E-state index in [1.165, 1.54) is 0 Å². The summed E-state index contributed by atoms with van der Waals surface area (Å²) in [5.41, 5.74) is 7.85. The van der Waals surface area contributed by atoms with Crippen LogP contribution in [0.4, 0.5) is 9.59 Å². The smallest absolute Gasteiger partial charge is 0.410 e. The van der Waals surface area contributed by atoms with Gasteiger partial charge in [-0.3, -0.25) is 0 Å². The van der Waals surface area contributed by atoms with Gasteiger partial charge in [-0.1, -0.05) is 74.5 Å². The van der Waals surface area contributed by atoms with Crippen LogP contribution in [0.3, 0.4) is 0 Å². The van der Waals surface area contributed by atoms with E-state index in [2.05, 4.69) is 19.2 Å². The van der Waals surface area contributed by atoms with Gasteiger partial charge in [0.05, 0.1) is 0 Å². The normalized spacial score (nSPS) is 19.1. The third-order valence-electron chi connectivity index (χ3n) is 6.37. The van der Waals surface area contributed by atoms with Crippen LogP contribution >= 0.6 is 12.4 Å². The fraction of sp³-hybridized carbons (Fsp3) is 0.517. The highest BCUT2D eigenvalue weighted by molar-refractivity contribution is 5.85. The Kier molecular flexibility index (Phi) is 14.0. The number of hydrogen-bond acceptors (Lipinski definition) is 6. The van der Waals surface area contributed by atoms with E-state index < -0.39 is 0 Å².